The molecule has 5 nitrogen and oxygen atoms in total. The fourth-order valence-electron chi connectivity index (χ4n) is 3.18. The first-order chi connectivity index (χ1) is 9.58. The maximum absolute atomic E-state index is 12.2. The molecule has 3 amide bonds. The second-order valence-corrected chi connectivity index (χ2v) is 6.11. The van der Waals surface area contributed by atoms with Crippen LogP contribution in [0.15, 0.2) is 12.2 Å². The zero-order valence-corrected chi connectivity index (χ0v) is 11.7. The van der Waals surface area contributed by atoms with Gasteiger partial charge < -0.3 is 5.32 Å². The molecule has 1 N–H and O–H groups in total. The Balaban J connectivity index is 1.61. The molecule has 1 saturated heterocycles. The van der Waals surface area contributed by atoms with Crippen LogP contribution in [-0.2, 0) is 14.4 Å². The van der Waals surface area contributed by atoms with Crippen molar-refractivity contribution in [3.05, 3.63) is 12.2 Å². The van der Waals surface area contributed by atoms with Crippen molar-refractivity contribution in [2.45, 2.75) is 38.6 Å². The summed E-state index contributed by atoms with van der Waals surface area (Å²) in [5, 5.41) is 2.89. The molecule has 0 aromatic heterocycles. The fourth-order valence-corrected chi connectivity index (χ4v) is 3.18. The third-order valence-corrected chi connectivity index (χ3v) is 4.62. The van der Waals surface area contributed by atoms with E-state index < -0.39 is 0 Å². The highest BCUT2D eigenvalue weighted by Crippen LogP contribution is 2.35. The summed E-state index contributed by atoms with van der Waals surface area (Å²) < 4.78 is 0. The number of carbonyl (C=O) groups is 3. The number of hydrogen-bond donors (Lipinski definition) is 1. The van der Waals surface area contributed by atoms with Crippen LogP contribution < -0.4 is 5.32 Å². The Kier molecular flexibility index (Phi) is 3.36. The zero-order valence-electron chi connectivity index (χ0n) is 11.7. The van der Waals surface area contributed by atoms with Crippen molar-refractivity contribution in [2.24, 2.45) is 17.8 Å². The standard InChI is InChI=1S/C15H20N2O3/c1-9(10-6-7-10)16-13(18)8-17-14(19)11-4-2-3-5-12(11)15(17)20/h2-3,9-12H,4-8H2,1H3,(H,16,18)/t9-,11+,12+/m0/s1. The van der Waals surface area contributed by atoms with Crippen molar-refractivity contribution in [3.63, 3.8) is 0 Å². The van der Waals surface area contributed by atoms with Gasteiger partial charge >= 0.3 is 0 Å². The van der Waals surface area contributed by atoms with Crippen LogP contribution in [0, 0.1) is 17.8 Å². The number of hydrogen-bond acceptors (Lipinski definition) is 3. The Bertz CT molecular complexity index is 456. The van der Waals surface area contributed by atoms with Crippen LogP contribution in [-0.4, -0.2) is 35.2 Å². The highest BCUT2D eigenvalue weighted by Gasteiger charge is 2.47. The summed E-state index contributed by atoms with van der Waals surface area (Å²) in [7, 11) is 0. The quantitative estimate of drug-likeness (QED) is 0.611. The van der Waals surface area contributed by atoms with Crippen LogP contribution in [0.2, 0.25) is 0 Å². The predicted octanol–water partition coefficient (Wildman–Crippen LogP) is 0.852. The zero-order chi connectivity index (χ0) is 14.3. The molecule has 0 bridgehead atoms. The van der Waals surface area contributed by atoms with E-state index in [1.54, 1.807) is 0 Å². The van der Waals surface area contributed by atoms with Crippen molar-refractivity contribution in [1.82, 2.24) is 10.2 Å². The first-order valence-electron chi connectivity index (χ1n) is 7.37. The van der Waals surface area contributed by atoms with Gasteiger partial charge in [0.1, 0.15) is 6.54 Å². The monoisotopic (exact) mass is 276 g/mol. The second kappa shape index (κ2) is 5.04. The number of rotatable bonds is 4. The molecular formula is C15H20N2O3. The summed E-state index contributed by atoms with van der Waals surface area (Å²) >= 11 is 0. The summed E-state index contributed by atoms with van der Waals surface area (Å²) in [5.74, 6) is -0.520. The lowest BCUT2D eigenvalue weighted by atomic mass is 9.85. The van der Waals surface area contributed by atoms with Crippen molar-refractivity contribution in [2.75, 3.05) is 6.54 Å². The van der Waals surface area contributed by atoms with Gasteiger partial charge in [0.05, 0.1) is 11.8 Å². The van der Waals surface area contributed by atoms with Gasteiger partial charge in [-0.15, -0.1) is 0 Å². The van der Waals surface area contributed by atoms with Crippen molar-refractivity contribution < 1.29 is 14.4 Å². The molecule has 0 radical (unpaired) electrons. The molecule has 2 aliphatic carbocycles. The molecule has 0 aromatic rings. The molecule has 1 aliphatic heterocycles. The van der Waals surface area contributed by atoms with Gasteiger partial charge in [-0.3, -0.25) is 19.3 Å². The third kappa shape index (κ3) is 2.37. The van der Waals surface area contributed by atoms with Crippen LogP contribution in [0.4, 0.5) is 0 Å². The van der Waals surface area contributed by atoms with Gasteiger partial charge in [-0.25, -0.2) is 0 Å². The van der Waals surface area contributed by atoms with Crippen LogP contribution >= 0.6 is 0 Å². The van der Waals surface area contributed by atoms with E-state index in [0.29, 0.717) is 18.8 Å². The molecule has 2 fully saturated rings. The smallest absolute Gasteiger partial charge is 0.240 e. The van der Waals surface area contributed by atoms with Crippen LogP contribution in [0.3, 0.4) is 0 Å². The average Bonchev–Trinajstić information content (AvgIpc) is 3.25. The molecule has 0 aromatic carbocycles. The SMILES string of the molecule is C[C@H](NC(=O)CN1C(=O)[C@@H]2CC=CC[C@H]2C1=O)C1CC1. The lowest BCUT2D eigenvalue weighted by Gasteiger charge is -2.17. The van der Waals surface area contributed by atoms with Crippen LogP contribution in [0.1, 0.15) is 32.6 Å². The molecule has 1 heterocycles. The Morgan fingerprint density at radius 3 is 2.30 bits per heavy atom. The number of likely N-dealkylation sites (tertiary alicyclic amines) is 1. The van der Waals surface area contributed by atoms with Gasteiger partial charge in [0.25, 0.3) is 0 Å². The predicted molar refractivity (Wildman–Crippen MR) is 72.4 cm³/mol. The molecule has 5 heteroatoms. The van der Waals surface area contributed by atoms with E-state index in [2.05, 4.69) is 5.32 Å². The Labute approximate surface area is 118 Å². The summed E-state index contributed by atoms with van der Waals surface area (Å²) in [5.41, 5.74) is 0. The molecule has 3 rings (SSSR count). The minimum Gasteiger partial charge on any atom is -0.352 e. The summed E-state index contributed by atoms with van der Waals surface area (Å²) in [6.07, 6.45) is 7.44. The van der Waals surface area contributed by atoms with Gasteiger partial charge in [-0.1, -0.05) is 12.2 Å². The molecular weight excluding hydrogens is 256 g/mol. The van der Waals surface area contributed by atoms with E-state index in [-0.39, 0.29) is 42.1 Å². The maximum atomic E-state index is 12.2. The number of nitrogens with one attached hydrogen (secondary N) is 1. The number of imide groups is 1. The van der Waals surface area contributed by atoms with E-state index in [9.17, 15) is 14.4 Å². The van der Waals surface area contributed by atoms with Gasteiger partial charge in [0.15, 0.2) is 0 Å². The lowest BCUT2D eigenvalue weighted by Crippen LogP contribution is -2.44. The minimum absolute atomic E-state index is 0.123. The molecule has 108 valence electrons. The minimum atomic E-state index is -0.249. The van der Waals surface area contributed by atoms with Crippen molar-refractivity contribution in [1.29, 1.82) is 0 Å². The Morgan fingerprint density at radius 2 is 1.80 bits per heavy atom. The topological polar surface area (TPSA) is 66.5 Å². The van der Waals surface area contributed by atoms with E-state index in [1.165, 1.54) is 0 Å². The number of allylic oxidation sites excluding steroid dienone is 2. The number of carbonyl (C=O) groups excluding carboxylic acids is 3. The van der Waals surface area contributed by atoms with E-state index >= 15 is 0 Å². The highest BCUT2D eigenvalue weighted by atomic mass is 16.2. The normalized spacial score (nSPS) is 30.4. The number of fused-ring (bicyclic) bond motifs is 1. The largest absolute Gasteiger partial charge is 0.352 e. The Hall–Kier alpha value is -1.65. The summed E-state index contributed by atoms with van der Waals surface area (Å²) in [6.45, 7) is 1.86. The highest BCUT2D eigenvalue weighted by molar-refractivity contribution is 6.07. The van der Waals surface area contributed by atoms with Crippen LogP contribution in [0.5, 0.6) is 0 Å². The first kappa shape index (κ1) is 13.3. The molecule has 0 unspecified atom stereocenters. The van der Waals surface area contributed by atoms with E-state index in [4.69, 9.17) is 0 Å². The van der Waals surface area contributed by atoms with Crippen molar-refractivity contribution in [3.8, 4) is 0 Å². The summed E-state index contributed by atoms with van der Waals surface area (Å²) in [4.78, 5) is 37.5. The lowest BCUT2D eigenvalue weighted by molar-refractivity contribution is -0.143. The maximum Gasteiger partial charge on any atom is 0.240 e. The number of amides is 3. The van der Waals surface area contributed by atoms with Gasteiger partial charge in [0.2, 0.25) is 17.7 Å². The third-order valence-electron chi connectivity index (χ3n) is 4.62. The van der Waals surface area contributed by atoms with Gasteiger partial charge in [-0.05, 0) is 38.5 Å². The van der Waals surface area contributed by atoms with Gasteiger partial charge in [-0.2, -0.15) is 0 Å². The average molecular weight is 276 g/mol. The molecule has 1 saturated carbocycles. The van der Waals surface area contributed by atoms with Crippen LogP contribution in [0.25, 0.3) is 0 Å². The fraction of sp³-hybridized carbons (Fsp3) is 0.667. The summed E-state index contributed by atoms with van der Waals surface area (Å²) in [6, 6.07) is 0.138. The van der Waals surface area contributed by atoms with E-state index in [1.807, 2.05) is 19.1 Å². The van der Waals surface area contributed by atoms with Gasteiger partial charge in [0, 0.05) is 6.04 Å². The molecule has 3 atom stereocenters. The van der Waals surface area contributed by atoms with E-state index in [0.717, 1.165) is 17.7 Å². The number of nitrogens with zero attached hydrogens (tertiary/aromatic N) is 1. The molecule has 3 aliphatic rings. The molecule has 20 heavy (non-hydrogen) atoms. The van der Waals surface area contributed by atoms with Crippen molar-refractivity contribution >= 4 is 17.7 Å². The second-order valence-electron chi connectivity index (χ2n) is 6.11. The first-order valence-corrected chi connectivity index (χ1v) is 7.37. The Morgan fingerprint density at radius 1 is 1.25 bits per heavy atom. The molecule has 0 spiro atoms.